The molecule has 1 fully saturated rings. The van der Waals surface area contributed by atoms with Crippen LogP contribution in [-0.2, 0) is 27.8 Å². The fraction of sp³-hybridized carbons (Fsp3) is 0.406. The first kappa shape index (κ1) is 26.6. The largest absolute Gasteiger partial charge is 0.338 e. The molecule has 2 aliphatic carbocycles. The van der Waals surface area contributed by atoms with Crippen molar-refractivity contribution in [2.45, 2.75) is 75.4 Å². The average molecular weight is 531 g/mol. The molecular weight excluding hydrogens is 492 g/mol. The molecule has 0 aromatic heterocycles. The average Bonchev–Trinajstić information content (AvgIpc) is 2.96. The van der Waals surface area contributed by atoms with Gasteiger partial charge in [-0.05, 0) is 86.6 Å². The van der Waals surface area contributed by atoms with Crippen LogP contribution in [0.2, 0.25) is 0 Å². The maximum Gasteiger partial charge on any atom is 0.243 e. The summed E-state index contributed by atoms with van der Waals surface area (Å²) >= 11 is 0. The molecule has 1 saturated carbocycles. The lowest BCUT2D eigenvalue weighted by Gasteiger charge is -2.40. The van der Waals surface area contributed by atoms with E-state index in [0.717, 1.165) is 62.5 Å². The molecule has 0 bridgehead atoms. The maximum atomic E-state index is 14.0. The Bertz CT molecular complexity index is 1320. The van der Waals surface area contributed by atoms with Crippen molar-refractivity contribution in [2.24, 2.45) is 5.92 Å². The van der Waals surface area contributed by atoms with Crippen LogP contribution >= 0.6 is 0 Å². The summed E-state index contributed by atoms with van der Waals surface area (Å²) in [6.07, 6.45) is 7.44. The van der Waals surface area contributed by atoms with E-state index < -0.39 is 10.0 Å². The lowest BCUT2D eigenvalue weighted by molar-refractivity contribution is -0.121. The summed E-state index contributed by atoms with van der Waals surface area (Å²) in [5.41, 5.74) is 4.76. The van der Waals surface area contributed by atoms with E-state index in [2.05, 4.69) is 43.3 Å². The van der Waals surface area contributed by atoms with Crippen LogP contribution < -0.4 is 0 Å². The summed E-state index contributed by atoms with van der Waals surface area (Å²) in [6.45, 7) is 3.20. The highest BCUT2D eigenvalue weighted by atomic mass is 32.2. The van der Waals surface area contributed by atoms with Crippen LogP contribution in [0.25, 0.3) is 0 Å². The Labute approximate surface area is 227 Å². The summed E-state index contributed by atoms with van der Waals surface area (Å²) in [5, 5.41) is 0. The molecule has 2 aliphatic rings. The van der Waals surface area contributed by atoms with Gasteiger partial charge in [-0.2, -0.15) is 4.31 Å². The van der Waals surface area contributed by atoms with E-state index in [4.69, 9.17) is 0 Å². The molecule has 5 nitrogen and oxygen atoms in total. The SMILES string of the molecule is Cc1ccc(CN(C=O)C2CCC(CN([C@@H]3CCCc4ccccc43)S(=O)(=O)c3ccccc3)CC2)cc1. The van der Waals surface area contributed by atoms with Crippen LogP contribution in [0.3, 0.4) is 0 Å². The summed E-state index contributed by atoms with van der Waals surface area (Å²) in [7, 11) is -3.65. The third kappa shape index (κ3) is 5.87. The summed E-state index contributed by atoms with van der Waals surface area (Å²) < 4.78 is 29.9. The van der Waals surface area contributed by atoms with Gasteiger partial charge in [0.15, 0.2) is 0 Å². The van der Waals surface area contributed by atoms with Gasteiger partial charge in [0, 0.05) is 19.1 Å². The molecule has 1 amide bonds. The molecular formula is C32H38N2O3S. The minimum Gasteiger partial charge on any atom is -0.338 e. The van der Waals surface area contributed by atoms with Crippen molar-refractivity contribution in [3.63, 3.8) is 0 Å². The van der Waals surface area contributed by atoms with E-state index in [9.17, 15) is 13.2 Å². The molecule has 0 saturated heterocycles. The normalized spacial score (nSPS) is 21.6. The molecule has 0 radical (unpaired) electrons. The highest BCUT2D eigenvalue weighted by Gasteiger charge is 2.37. The van der Waals surface area contributed by atoms with E-state index in [0.29, 0.717) is 18.0 Å². The van der Waals surface area contributed by atoms with Crippen LogP contribution in [-0.4, -0.2) is 36.6 Å². The zero-order valence-electron chi connectivity index (χ0n) is 22.2. The number of aryl methyl sites for hydroxylation is 2. The minimum atomic E-state index is -3.65. The van der Waals surface area contributed by atoms with Gasteiger partial charge in [0.05, 0.1) is 10.9 Å². The second-order valence-corrected chi connectivity index (χ2v) is 12.8. The number of nitrogens with zero attached hydrogens (tertiary/aromatic N) is 2. The van der Waals surface area contributed by atoms with Crippen molar-refractivity contribution >= 4 is 16.4 Å². The first-order valence-electron chi connectivity index (χ1n) is 13.9. The second kappa shape index (κ2) is 11.8. The van der Waals surface area contributed by atoms with E-state index in [1.807, 2.05) is 23.1 Å². The number of amides is 1. The van der Waals surface area contributed by atoms with E-state index >= 15 is 0 Å². The Balaban J connectivity index is 1.33. The number of rotatable bonds is 9. The topological polar surface area (TPSA) is 57.7 Å². The number of fused-ring (bicyclic) bond motifs is 1. The zero-order chi connectivity index (χ0) is 26.5. The molecule has 0 spiro atoms. The lowest BCUT2D eigenvalue weighted by atomic mass is 9.84. The van der Waals surface area contributed by atoms with Crippen LogP contribution in [0.1, 0.15) is 66.8 Å². The Morgan fingerprint density at radius 1 is 0.842 bits per heavy atom. The Hall–Kier alpha value is -2.96. The molecule has 3 aromatic carbocycles. The Kier molecular flexibility index (Phi) is 8.29. The molecule has 200 valence electrons. The molecule has 1 atom stereocenters. The van der Waals surface area contributed by atoms with Gasteiger partial charge in [0.2, 0.25) is 16.4 Å². The Morgan fingerprint density at radius 3 is 2.24 bits per heavy atom. The van der Waals surface area contributed by atoms with E-state index in [1.54, 1.807) is 28.6 Å². The number of benzene rings is 3. The molecule has 5 rings (SSSR count). The smallest absolute Gasteiger partial charge is 0.243 e. The van der Waals surface area contributed by atoms with Crippen molar-refractivity contribution in [2.75, 3.05) is 6.54 Å². The standard InChI is InChI=1S/C32H38N2O3S/c1-25-14-16-26(17-15-25)22-33(24-35)29-20-18-27(19-21-29)23-34(38(36,37)30-10-3-2-4-11-30)32-13-7-9-28-8-5-6-12-31(28)32/h2-6,8,10-12,14-17,24,27,29,32H,7,9,13,18-23H2,1H3/t27?,29?,32-/m1/s1. The molecule has 0 unspecified atom stereocenters. The minimum absolute atomic E-state index is 0.143. The number of hydrogen-bond acceptors (Lipinski definition) is 3. The van der Waals surface area contributed by atoms with Crippen LogP contribution in [0, 0.1) is 12.8 Å². The third-order valence-electron chi connectivity index (χ3n) is 8.38. The van der Waals surface area contributed by atoms with Gasteiger partial charge in [-0.25, -0.2) is 8.42 Å². The van der Waals surface area contributed by atoms with Crippen LogP contribution in [0.5, 0.6) is 0 Å². The first-order valence-corrected chi connectivity index (χ1v) is 15.3. The molecule has 0 N–H and O–H groups in total. The molecule has 0 aliphatic heterocycles. The van der Waals surface area contributed by atoms with Gasteiger partial charge >= 0.3 is 0 Å². The number of carbonyl (C=O) groups is 1. The summed E-state index contributed by atoms with van der Waals surface area (Å²) in [6, 6.07) is 25.6. The molecule has 38 heavy (non-hydrogen) atoms. The van der Waals surface area contributed by atoms with Crippen molar-refractivity contribution < 1.29 is 13.2 Å². The van der Waals surface area contributed by atoms with Crippen molar-refractivity contribution in [1.29, 1.82) is 0 Å². The highest BCUT2D eigenvalue weighted by Crippen LogP contribution is 2.39. The van der Waals surface area contributed by atoms with E-state index in [1.165, 1.54) is 11.1 Å². The zero-order valence-corrected chi connectivity index (χ0v) is 23.0. The lowest BCUT2D eigenvalue weighted by Crippen LogP contribution is -2.42. The second-order valence-electron chi connectivity index (χ2n) is 10.9. The van der Waals surface area contributed by atoms with Crippen LogP contribution in [0.15, 0.2) is 83.8 Å². The number of carbonyl (C=O) groups excluding carboxylic acids is 1. The molecule has 3 aromatic rings. The van der Waals surface area contributed by atoms with Crippen LogP contribution in [0.4, 0.5) is 0 Å². The first-order chi connectivity index (χ1) is 18.5. The van der Waals surface area contributed by atoms with Crippen molar-refractivity contribution in [1.82, 2.24) is 9.21 Å². The van der Waals surface area contributed by atoms with Crippen molar-refractivity contribution in [3.05, 3.63) is 101 Å². The predicted molar refractivity (Wildman–Crippen MR) is 151 cm³/mol. The van der Waals surface area contributed by atoms with Gasteiger partial charge in [0.1, 0.15) is 0 Å². The van der Waals surface area contributed by atoms with E-state index in [-0.39, 0.29) is 18.0 Å². The predicted octanol–water partition coefficient (Wildman–Crippen LogP) is 6.28. The fourth-order valence-electron chi connectivity index (χ4n) is 6.22. The molecule has 6 heteroatoms. The van der Waals surface area contributed by atoms with Gasteiger partial charge in [-0.1, -0.05) is 72.3 Å². The van der Waals surface area contributed by atoms with Crippen molar-refractivity contribution in [3.8, 4) is 0 Å². The maximum absolute atomic E-state index is 14.0. The van der Waals surface area contributed by atoms with Gasteiger partial charge in [0.25, 0.3) is 0 Å². The fourth-order valence-corrected chi connectivity index (χ4v) is 7.95. The number of hydrogen-bond donors (Lipinski definition) is 0. The number of sulfonamides is 1. The van der Waals surface area contributed by atoms with Gasteiger partial charge in [-0.3, -0.25) is 4.79 Å². The monoisotopic (exact) mass is 530 g/mol. The quantitative estimate of drug-likeness (QED) is 0.306. The third-order valence-corrected chi connectivity index (χ3v) is 10.3. The highest BCUT2D eigenvalue weighted by molar-refractivity contribution is 7.89. The van der Waals surface area contributed by atoms with Gasteiger partial charge < -0.3 is 4.90 Å². The van der Waals surface area contributed by atoms with Gasteiger partial charge in [-0.15, -0.1) is 0 Å². The summed E-state index contributed by atoms with van der Waals surface area (Å²) in [4.78, 5) is 14.3. The molecule has 0 heterocycles. The summed E-state index contributed by atoms with van der Waals surface area (Å²) in [5.74, 6) is 0.270. The Morgan fingerprint density at radius 2 is 1.53 bits per heavy atom.